The number of aromatic hydroxyl groups is 1. The van der Waals surface area contributed by atoms with E-state index in [-0.39, 0.29) is 29.8 Å². The van der Waals surface area contributed by atoms with E-state index in [1.807, 2.05) is 19.9 Å². The predicted octanol–water partition coefficient (Wildman–Crippen LogP) is 4.00. The van der Waals surface area contributed by atoms with E-state index < -0.39 is 11.9 Å². The third-order valence-corrected chi connectivity index (χ3v) is 5.81. The molecule has 26 heavy (non-hydrogen) atoms. The molecule has 0 aromatic heterocycles. The number of ether oxygens (including phenoxy) is 1. The Balaban J connectivity index is 1.96. The van der Waals surface area contributed by atoms with E-state index in [0.717, 1.165) is 29.5 Å². The summed E-state index contributed by atoms with van der Waals surface area (Å²) in [6.07, 6.45) is 6.57. The second-order valence-electron chi connectivity index (χ2n) is 7.13. The molecule has 0 amide bonds. The number of hydrogen-bond acceptors (Lipinski definition) is 4. The Bertz CT molecular complexity index is 818. The number of phenols is 1. The second-order valence-corrected chi connectivity index (χ2v) is 7.13. The SMILES string of the molecule is C=Cc1c(C)c2c(c(O)c1C/C=C(\C)C1CCCC1C(=O)O)C(=O)OC2. The first-order valence-corrected chi connectivity index (χ1v) is 8.93. The molecule has 0 spiro atoms. The molecule has 3 rings (SSSR count). The highest BCUT2D eigenvalue weighted by Crippen LogP contribution is 2.40. The van der Waals surface area contributed by atoms with E-state index in [9.17, 15) is 19.8 Å². The molecule has 1 saturated carbocycles. The lowest BCUT2D eigenvalue weighted by Gasteiger charge is -2.18. The van der Waals surface area contributed by atoms with E-state index in [0.29, 0.717) is 24.0 Å². The van der Waals surface area contributed by atoms with Gasteiger partial charge in [-0.1, -0.05) is 30.7 Å². The molecule has 0 saturated heterocycles. The molecule has 1 fully saturated rings. The molecule has 0 bridgehead atoms. The van der Waals surface area contributed by atoms with Crippen molar-refractivity contribution in [3.05, 3.63) is 46.0 Å². The number of aliphatic carboxylic acids is 1. The molecule has 0 radical (unpaired) electrons. The Morgan fingerprint density at radius 2 is 2.04 bits per heavy atom. The summed E-state index contributed by atoms with van der Waals surface area (Å²) in [5, 5.41) is 20.0. The largest absolute Gasteiger partial charge is 0.507 e. The van der Waals surface area contributed by atoms with Gasteiger partial charge in [0, 0.05) is 11.1 Å². The number of allylic oxidation sites excluding steroid dienone is 2. The van der Waals surface area contributed by atoms with Gasteiger partial charge < -0.3 is 14.9 Å². The molecular weight excluding hydrogens is 332 g/mol. The van der Waals surface area contributed by atoms with Crippen LogP contribution >= 0.6 is 0 Å². The van der Waals surface area contributed by atoms with E-state index in [1.54, 1.807) is 6.08 Å². The molecule has 1 aliphatic carbocycles. The van der Waals surface area contributed by atoms with Crippen LogP contribution in [0.15, 0.2) is 18.2 Å². The smallest absolute Gasteiger partial charge is 0.342 e. The molecular formula is C21H24O5. The minimum atomic E-state index is -0.744. The Morgan fingerprint density at radius 1 is 1.35 bits per heavy atom. The van der Waals surface area contributed by atoms with Crippen molar-refractivity contribution in [3.63, 3.8) is 0 Å². The summed E-state index contributed by atoms with van der Waals surface area (Å²) in [4.78, 5) is 23.4. The number of fused-ring (bicyclic) bond motifs is 1. The van der Waals surface area contributed by atoms with Crippen LogP contribution in [0.5, 0.6) is 5.75 Å². The number of carbonyl (C=O) groups is 2. The Hall–Kier alpha value is -2.56. The topological polar surface area (TPSA) is 83.8 Å². The average Bonchev–Trinajstić information content (AvgIpc) is 3.23. The van der Waals surface area contributed by atoms with Crippen LogP contribution in [-0.4, -0.2) is 22.2 Å². The number of carbonyl (C=O) groups excluding carboxylic acids is 1. The third-order valence-electron chi connectivity index (χ3n) is 5.81. The Kier molecular flexibility index (Phi) is 4.90. The first-order valence-electron chi connectivity index (χ1n) is 8.93. The van der Waals surface area contributed by atoms with Gasteiger partial charge in [-0.3, -0.25) is 4.79 Å². The van der Waals surface area contributed by atoms with E-state index in [2.05, 4.69) is 6.58 Å². The molecule has 1 aromatic carbocycles. The fourth-order valence-corrected chi connectivity index (χ4v) is 4.31. The zero-order chi connectivity index (χ0) is 19.0. The summed E-state index contributed by atoms with van der Waals surface area (Å²) >= 11 is 0. The average molecular weight is 356 g/mol. The number of carboxylic acid groups (broad SMARTS) is 1. The number of benzene rings is 1. The number of rotatable bonds is 5. The molecule has 5 nitrogen and oxygen atoms in total. The van der Waals surface area contributed by atoms with Crippen LogP contribution in [0.4, 0.5) is 0 Å². The summed E-state index contributed by atoms with van der Waals surface area (Å²) in [7, 11) is 0. The van der Waals surface area contributed by atoms with Gasteiger partial charge in [0.05, 0.1) is 5.92 Å². The summed E-state index contributed by atoms with van der Waals surface area (Å²) in [5.41, 5.74) is 4.32. The monoisotopic (exact) mass is 356 g/mol. The second kappa shape index (κ2) is 6.98. The first kappa shape index (κ1) is 18.2. The molecule has 2 atom stereocenters. The van der Waals surface area contributed by atoms with Gasteiger partial charge in [-0.2, -0.15) is 0 Å². The van der Waals surface area contributed by atoms with Crippen molar-refractivity contribution in [1.29, 1.82) is 0 Å². The van der Waals surface area contributed by atoms with Crippen molar-refractivity contribution < 1.29 is 24.5 Å². The van der Waals surface area contributed by atoms with Gasteiger partial charge in [-0.05, 0) is 50.2 Å². The van der Waals surface area contributed by atoms with Crippen molar-refractivity contribution >= 4 is 18.0 Å². The van der Waals surface area contributed by atoms with E-state index >= 15 is 0 Å². The van der Waals surface area contributed by atoms with Gasteiger partial charge in [0.15, 0.2) is 0 Å². The molecule has 1 heterocycles. The van der Waals surface area contributed by atoms with Crippen LogP contribution in [0.25, 0.3) is 6.08 Å². The highest BCUT2D eigenvalue weighted by molar-refractivity contribution is 5.98. The standard InChI is InChI=1S/C21H24O5/c1-4-13-12(3)17-10-26-21(25)18(17)19(22)15(13)9-8-11(2)14-6-5-7-16(14)20(23)24/h4,8,14,16,22H,1,5-7,9-10H2,2-3H3,(H,23,24)/b11-8+. The van der Waals surface area contributed by atoms with Gasteiger partial charge in [-0.15, -0.1) is 0 Å². The highest BCUT2D eigenvalue weighted by Gasteiger charge is 2.34. The normalized spacial score (nSPS) is 22.2. The van der Waals surface area contributed by atoms with Gasteiger partial charge >= 0.3 is 11.9 Å². The zero-order valence-electron chi connectivity index (χ0n) is 15.2. The molecule has 5 heteroatoms. The Morgan fingerprint density at radius 3 is 2.69 bits per heavy atom. The van der Waals surface area contributed by atoms with Crippen molar-refractivity contribution in [2.45, 2.75) is 46.1 Å². The molecule has 1 aliphatic heterocycles. The number of phenolic OH excluding ortho intramolecular Hbond substituents is 1. The number of cyclic esters (lactones) is 1. The lowest BCUT2D eigenvalue weighted by molar-refractivity contribution is -0.142. The van der Waals surface area contributed by atoms with E-state index in [1.165, 1.54) is 0 Å². The summed E-state index contributed by atoms with van der Waals surface area (Å²) in [5.74, 6) is -1.60. The van der Waals surface area contributed by atoms with Crippen molar-refractivity contribution in [2.24, 2.45) is 11.8 Å². The third kappa shape index (κ3) is 2.91. The lowest BCUT2D eigenvalue weighted by Crippen LogP contribution is -2.19. The van der Waals surface area contributed by atoms with Crippen LogP contribution in [0.1, 0.15) is 58.8 Å². The zero-order valence-corrected chi connectivity index (χ0v) is 15.2. The van der Waals surface area contributed by atoms with Crippen molar-refractivity contribution in [3.8, 4) is 5.75 Å². The predicted molar refractivity (Wildman–Crippen MR) is 98.0 cm³/mol. The summed E-state index contributed by atoms with van der Waals surface area (Å²) in [6.45, 7) is 7.86. The minimum Gasteiger partial charge on any atom is -0.507 e. The molecule has 1 aromatic rings. The minimum absolute atomic E-state index is 0.0299. The Labute approximate surface area is 153 Å². The van der Waals surface area contributed by atoms with Crippen molar-refractivity contribution in [2.75, 3.05) is 0 Å². The number of carboxylic acids is 1. The van der Waals surface area contributed by atoms with Gasteiger partial charge in [-0.25, -0.2) is 4.79 Å². The maximum atomic E-state index is 12.0. The fourth-order valence-electron chi connectivity index (χ4n) is 4.31. The highest BCUT2D eigenvalue weighted by atomic mass is 16.5. The number of esters is 1. The van der Waals surface area contributed by atoms with Crippen LogP contribution in [-0.2, 0) is 22.6 Å². The lowest BCUT2D eigenvalue weighted by atomic mass is 9.87. The quantitative estimate of drug-likeness (QED) is 0.615. The maximum absolute atomic E-state index is 12.0. The van der Waals surface area contributed by atoms with Crippen LogP contribution in [0, 0.1) is 18.8 Å². The summed E-state index contributed by atoms with van der Waals surface area (Å²) < 4.78 is 5.07. The summed E-state index contributed by atoms with van der Waals surface area (Å²) in [6, 6.07) is 0. The van der Waals surface area contributed by atoms with Crippen molar-refractivity contribution in [1.82, 2.24) is 0 Å². The van der Waals surface area contributed by atoms with Crippen LogP contribution < -0.4 is 0 Å². The van der Waals surface area contributed by atoms with Gasteiger partial charge in [0.25, 0.3) is 0 Å². The molecule has 2 unspecified atom stereocenters. The van der Waals surface area contributed by atoms with Crippen LogP contribution in [0.2, 0.25) is 0 Å². The molecule has 138 valence electrons. The van der Waals surface area contributed by atoms with Crippen LogP contribution in [0.3, 0.4) is 0 Å². The first-order chi connectivity index (χ1) is 12.4. The number of hydrogen-bond donors (Lipinski definition) is 2. The molecule has 2 aliphatic rings. The van der Waals surface area contributed by atoms with E-state index in [4.69, 9.17) is 4.74 Å². The maximum Gasteiger partial charge on any atom is 0.342 e. The van der Waals surface area contributed by atoms with Gasteiger partial charge in [0.1, 0.15) is 17.9 Å². The molecule has 2 N–H and O–H groups in total. The van der Waals surface area contributed by atoms with Gasteiger partial charge in [0.2, 0.25) is 0 Å². The fraction of sp³-hybridized carbons (Fsp3) is 0.429.